The normalized spacial score (nSPS) is 16.7. The molecule has 20 heavy (non-hydrogen) atoms. The molecule has 0 atom stereocenters. The minimum absolute atomic E-state index is 0.0585. The maximum Gasteiger partial charge on any atom is 0.101 e. The molecule has 0 aromatic heterocycles. The molecular formula is C18H24N2. The van der Waals surface area contributed by atoms with Gasteiger partial charge in [-0.1, -0.05) is 53.3 Å². The maximum atomic E-state index is 9.40. The van der Waals surface area contributed by atoms with Crippen molar-refractivity contribution in [3.8, 4) is 6.07 Å². The number of benzene rings is 1. The van der Waals surface area contributed by atoms with Gasteiger partial charge in [0.05, 0.1) is 11.3 Å². The molecule has 1 aliphatic heterocycles. The van der Waals surface area contributed by atoms with E-state index in [0.29, 0.717) is 0 Å². The first kappa shape index (κ1) is 14.7. The molecule has 0 saturated heterocycles. The second-order valence-electron chi connectivity index (χ2n) is 7.59. The van der Waals surface area contributed by atoms with E-state index in [1.54, 1.807) is 0 Å². The van der Waals surface area contributed by atoms with Gasteiger partial charge in [-0.2, -0.15) is 5.26 Å². The van der Waals surface area contributed by atoms with Gasteiger partial charge in [0.2, 0.25) is 0 Å². The van der Waals surface area contributed by atoms with Crippen molar-refractivity contribution in [2.24, 2.45) is 5.41 Å². The van der Waals surface area contributed by atoms with Crippen LogP contribution < -0.4 is 4.90 Å². The third kappa shape index (κ3) is 2.58. The van der Waals surface area contributed by atoms with Crippen LogP contribution in [0, 0.1) is 16.7 Å². The topological polar surface area (TPSA) is 27.0 Å². The van der Waals surface area contributed by atoms with Crippen molar-refractivity contribution in [1.82, 2.24) is 0 Å². The van der Waals surface area contributed by atoms with E-state index in [4.69, 9.17) is 0 Å². The van der Waals surface area contributed by atoms with E-state index in [1.807, 2.05) is 12.1 Å². The van der Waals surface area contributed by atoms with Gasteiger partial charge in [0.15, 0.2) is 0 Å². The van der Waals surface area contributed by atoms with Crippen LogP contribution in [0.3, 0.4) is 0 Å². The number of nitrogens with zero attached hydrogens (tertiary/aromatic N) is 2. The molecule has 0 amide bonds. The van der Waals surface area contributed by atoms with E-state index in [2.05, 4.69) is 58.2 Å². The maximum absolute atomic E-state index is 9.40. The summed E-state index contributed by atoms with van der Waals surface area (Å²) in [6, 6.07) is 8.35. The lowest BCUT2D eigenvalue weighted by molar-refractivity contribution is 0.403. The van der Waals surface area contributed by atoms with Crippen molar-refractivity contribution in [2.75, 3.05) is 11.4 Å². The van der Waals surface area contributed by atoms with Crippen LogP contribution in [-0.4, -0.2) is 6.54 Å². The minimum atomic E-state index is 0.0585. The molecule has 1 aliphatic rings. The first-order valence-electron chi connectivity index (χ1n) is 7.15. The molecule has 1 aromatic rings. The van der Waals surface area contributed by atoms with E-state index >= 15 is 0 Å². The van der Waals surface area contributed by atoms with Gasteiger partial charge in [-0.3, -0.25) is 0 Å². The Morgan fingerprint density at radius 3 is 2.60 bits per heavy atom. The second kappa shape index (κ2) is 4.66. The molecule has 1 aromatic carbocycles. The highest BCUT2D eigenvalue weighted by Gasteiger charge is 2.38. The smallest absolute Gasteiger partial charge is 0.101 e. The van der Waals surface area contributed by atoms with Crippen molar-refractivity contribution >= 4 is 5.69 Å². The van der Waals surface area contributed by atoms with Gasteiger partial charge in [-0.05, 0) is 23.5 Å². The third-order valence-electron chi connectivity index (χ3n) is 3.83. The van der Waals surface area contributed by atoms with E-state index in [-0.39, 0.29) is 10.8 Å². The van der Waals surface area contributed by atoms with Gasteiger partial charge in [0.1, 0.15) is 6.07 Å². The monoisotopic (exact) mass is 268 g/mol. The fourth-order valence-electron chi connectivity index (χ4n) is 3.01. The summed E-state index contributed by atoms with van der Waals surface area (Å²) in [5, 5.41) is 9.40. The summed E-state index contributed by atoms with van der Waals surface area (Å²) in [7, 11) is 0. The van der Waals surface area contributed by atoms with E-state index in [9.17, 15) is 5.26 Å². The number of hydrogen-bond donors (Lipinski definition) is 0. The fourth-order valence-corrected chi connectivity index (χ4v) is 3.01. The quantitative estimate of drug-likeness (QED) is 0.783. The van der Waals surface area contributed by atoms with Gasteiger partial charge >= 0.3 is 0 Å². The highest BCUT2D eigenvalue weighted by atomic mass is 15.2. The number of nitriles is 1. The molecule has 106 valence electrons. The lowest BCUT2D eigenvalue weighted by Gasteiger charge is -2.29. The van der Waals surface area contributed by atoms with Crippen LogP contribution in [-0.2, 0) is 5.41 Å². The molecule has 0 bridgehead atoms. The second-order valence-corrected chi connectivity index (χ2v) is 7.59. The van der Waals surface area contributed by atoms with Crippen LogP contribution in [0.2, 0.25) is 0 Å². The molecular weight excluding hydrogens is 244 g/mol. The van der Waals surface area contributed by atoms with Gasteiger partial charge in [-0.15, -0.1) is 0 Å². The average molecular weight is 268 g/mol. The van der Waals surface area contributed by atoms with E-state index in [0.717, 1.165) is 29.9 Å². The number of fused-ring (bicyclic) bond motifs is 1. The molecule has 0 saturated carbocycles. The largest absolute Gasteiger partial charge is 0.344 e. The molecule has 0 aliphatic carbocycles. The zero-order chi connectivity index (χ0) is 15.1. The highest BCUT2D eigenvalue weighted by molar-refractivity contribution is 5.72. The molecule has 0 spiro atoms. The standard InChI is InChI=1S/C18H24N2/c1-13(10-17(2,3)4)20-12-18(5,6)15-9-7-8-14(11-19)16(15)20/h7-9H,1,10,12H2,2-6H3. The van der Waals surface area contributed by atoms with Crippen LogP contribution in [0.25, 0.3) is 0 Å². The summed E-state index contributed by atoms with van der Waals surface area (Å²) in [6.45, 7) is 16.3. The SMILES string of the molecule is C=C(CC(C)(C)C)N1CC(C)(C)c2cccc(C#N)c21. The predicted molar refractivity (Wildman–Crippen MR) is 84.7 cm³/mol. The molecule has 0 fully saturated rings. The molecule has 2 nitrogen and oxygen atoms in total. The first-order valence-corrected chi connectivity index (χ1v) is 7.15. The predicted octanol–water partition coefficient (Wildman–Crippen LogP) is 4.61. The Morgan fingerprint density at radius 1 is 1.40 bits per heavy atom. The molecule has 0 radical (unpaired) electrons. The zero-order valence-electron chi connectivity index (χ0n) is 13.2. The highest BCUT2D eigenvalue weighted by Crippen LogP contribution is 2.45. The zero-order valence-corrected chi connectivity index (χ0v) is 13.2. The number of anilines is 1. The summed E-state index contributed by atoms with van der Waals surface area (Å²) < 4.78 is 0. The van der Waals surface area contributed by atoms with E-state index in [1.165, 1.54) is 5.56 Å². The molecule has 0 unspecified atom stereocenters. The molecule has 1 heterocycles. The number of rotatable bonds is 2. The average Bonchev–Trinajstić information content (AvgIpc) is 2.60. The Bertz CT molecular complexity index is 582. The lowest BCUT2D eigenvalue weighted by Crippen LogP contribution is -2.29. The minimum Gasteiger partial charge on any atom is -0.344 e. The number of para-hydroxylation sites is 1. The van der Waals surface area contributed by atoms with Gasteiger partial charge in [0, 0.05) is 17.7 Å². The first-order chi connectivity index (χ1) is 9.15. The Hall–Kier alpha value is -1.75. The van der Waals surface area contributed by atoms with Crippen molar-refractivity contribution in [1.29, 1.82) is 5.26 Å². The summed E-state index contributed by atoms with van der Waals surface area (Å²) in [4.78, 5) is 2.25. The Labute approximate surface area is 122 Å². The van der Waals surface area contributed by atoms with Crippen molar-refractivity contribution < 1.29 is 0 Å². The van der Waals surface area contributed by atoms with Crippen molar-refractivity contribution in [3.05, 3.63) is 41.6 Å². The summed E-state index contributed by atoms with van der Waals surface area (Å²) in [6.07, 6.45) is 0.933. The Kier molecular flexibility index (Phi) is 3.42. The number of allylic oxidation sites excluding steroid dienone is 1. The number of hydrogen-bond acceptors (Lipinski definition) is 2. The van der Waals surface area contributed by atoms with Crippen LogP contribution in [0.1, 0.15) is 52.2 Å². The van der Waals surface area contributed by atoms with Crippen LogP contribution >= 0.6 is 0 Å². The molecule has 0 N–H and O–H groups in total. The van der Waals surface area contributed by atoms with Crippen LogP contribution in [0.15, 0.2) is 30.5 Å². The Morgan fingerprint density at radius 2 is 2.05 bits per heavy atom. The van der Waals surface area contributed by atoms with Crippen molar-refractivity contribution in [2.45, 2.75) is 46.5 Å². The van der Waals surface area contributed by atoms with E-state index < -0.39 is 0 Å². The van der Waals surface area contributed by atoms with Gasteiger partial charge < -0.3 is 4.90 Å². The summed E-state index contributed by atoms with van der Waals surface area (Å²) in [5.41, 5.74) is 4.44. The summed E-state index contributed by atoms with van der Waals surface area (Å²) in [5.74, 6) is 0. The van der Waals surface area contributed by atoms with Crippen LogP contribution in [0.5, 0.6) is 0 Å². The Balaban J connectivity index is 2.47. The lowest BCUT2D eigenvalue weighted by atomic mass is 9.86. The van der Waals surface area contributed by atoms with Crippen LogP contribution in [0.4, 0.5) is 5.69 Å². The fraction of sp³-hybridized carbons (Fsp3) is 0.500. The van der Waals surface area contributed by atoms with Gasteiger partial charge in [0.25, 0.3) is 0 Å². The summed E-state index contributed by atoms with van der Waals surface area (Å²) >= 11 is 0. The molecule has 2 heteroatoms. The third-order valence-corrected chi connectivity index (χ3v) is 3.83. The van der Waals surface area contributed by atoms with Crippen molar-refractivity contribution in [3.63, 3.8) is 0 Å². The molecule has 2 rings (SSSR count). The van der Waals surface area contributed by atoms with Gasteiger partial charge in [-0.25, -0.2) is 0 Å².